The average Bonchev–Trinajstić information content (AvgIpc) is 2.96. The fourth-order valence-corrected chi connectivity index (χ4v) is 4.65. The zero-order chi connectivity index (χ0) is 22.2. The number of para-hydroxylation sites is 2. The van der Waals surface area contributed by atoms with Crippen LogP contribution in [0.4, 0.5) is 17.1 Å². The summed E-state index contributed by atoms with van der Waals surface area (Å²) in [6.07, 6.45) is 0.881. The fraction of sp³-hybridized carbons (Fsp3) is 0.160. The minimum absolute atomic E-state index is 0.0236. The van der Waals surface area contributed by atoms with Crippen LogP contribution in [0.25, 0.3) is 0 Å². The molecule has 32 heavy (non-hydrogen) atoms. The third-order valence-electron chi connectivity index (χ3n) is 6.06. The number of carbonyl (C=O) groups is 1. The Balaban J connectivity index is 1.59. The highest BCUT2D eigenvalue weighted by Crippen LogP contribution is 2.44. The predicted molar refractivity (Wildman–Crippen MR) is 125 cm³/mol. The van der Waals surface area contributed by atoms with Crippen molar-refractivity contribution in [2.75, 3.05) is 10.6 Å². The van der Waals surface area contributed by atoms with Crippen LogP contribution < -0.4 is 10.6 Å². The molecule has 7 heteroatoms. The number of hydrogen-bond donors (Lipinski definition) is 2. The first-order valence-corrected chi connectivity index (χ1v) is 10.8. The van der Waals surface area contributed by atoms with E-state index in [4.69, 9.17) is 11.6 Å². The van der Waals surface area contributed by atoms with E-state index in [1.807, 2.05) is 54.6 Å². The van der Waals surface area contributed by atoms with Crippen molar-refractivity contribution >= 4 is 34.4 Å². The minimum Gasteiger partial charge on any atom is -0.372 e. The van der Waals surface area contributed by atoms with Gasteiger partial charge in [0.1, 0.15) is 0 Å². The van der Waals surface area contributed by atoms with E-state index in [1.165, 1.54) is 6.07 Å². The molecule has 0 fully saturated rings. The van der Waals surface area contributed by atoms with E-state index in [2.05, 4.69) is 10.6 Å². The molecule has 5 rings (SSSR count). The number of nitro benzene ring substituents is 1. The number of nitro groups is 1. The van der Waals surface area contributed by atoms with E-state index in [0.717, 1.165) is 28.2 Å². The van der Waals surface area contributed by atoms with Gasteiger partial charge in [-0.2, -0.15) is 0 Å². The normalized spacial score (nSPS) is 19.8. The second-order valence-electron chi connectivity index (χ2n) is 8.07. The lowest BCUT2D eigenvalue weighted by molar-refractivity contribution is -0.384. The number of ketones is 1. The van der Waals surface area contributed by atoms with Gasteiger partial charge in [-0.25, -0.2) is 0 Å². The molecule has 0 amide bonds. The van der Waals surface area contributed by atoms with Gasteiger partial charge in [0.25, 0.3) is 5.69 Å². The largest absolute Gasteiger partial charge is 0.372 e. The summed E-state index contributed by atoms with van der Waals surface area (Å²) in [4.78, 5) is 24.3. The van der Waals surface area contributed by atoms with Gasteiger partial charge in [-0.15, -0.1) is 0 Å². The highest BCUT2D eigenvalue weighted by atomic mass is 35.5. The van der Waals surface area contributed by atoms with Gasteiger partial charge < -0.3 is 10.6 Å². The van der Waals surface area contributed by atoms with Crippen LogP contribution in [0.2, 0.25) is 5.02 Å². The number of non-ortho nitro benzene ring substituents is 1. The number of allylic oxidation sites excluding steroid dienone is 1. The molecule has 1 aliphatic heterocycles. The average molecular weight is 446 g/mol. The zero-order valence-corrected chi connectivity index (χ0v) is 17.8. The van der Waals surface area contributed by atoms with Crippen molar-refractivity contribution in [3.05, 3.63) is 110 Å². The molecule has 3 aromatic rings. The fourth-order valence-electron chi connectivity index (χ4n) is 4.53. The molecular formula is C25H20ClN3O3. The number of rotatable bonds is 3. The Morgan fingerprint density at radius 1 is 0.906 bits per heavy atom. The van der Waals surface area contributed by atoms with Crippen LogP contribution in [-0.4, -0.2) is 10.7 Å². The molecule has 1 heterocycles. The Morgan fingerprint density at radius 2 is 1.66 bits per heavy atom. The number of carbonyl (C=O) groups excluding carboxylic acids is 1. The Labute approximate surface area is 190 Å². The SMILES string of the molecule is O=C1C[C@H](c2cccc([N+](=O)[O-])c2)CC2=C1[C@H](c1ccc(Cl)cc1)Nc1ccccc1N2. The highest BCUT2D eigenvalue weighted by molar-refractivity contribution is 6.30. The van der Waals surface area contributed by atoms with E-state index in [1.54, 1.807) is 12.1 Å². The lowest BCUT2D eigenvalue weighted by atomic mass is 9.78. The second-order valence-corrected chi connectivity index (χ2v) is 8.51. The van der Waals surface area contributed by atoms with E-state index >= 15 is 0 Å². The van der Waals surface area contributed by atoms with Crippen LogP contribution in [0.1, 0.15) is 35.9 Å². The summed E-state index contributed by atoms with van der Waals surface area (Å²) < 4.78 is 0. The summed E-state index contributed by atoms with van der Waals surface area (Å²) in [6.45, 7) is 0. The molecule has 1 aliphatic carbocycles. The molecule has 6 nitrogen and oxygen atoms in total. The molecule has 0 unspecified atom stereocenters. The number of fused-ring (bicyclic) bond motifs is 1. The number of benzene rings is 3. The topological polar surface area (TPSA) is 84.3 Å². The summed E-state index contributed by atoms with van der Waals surface area (Å²) in [5.41, 5.74) is 5.12. The molecule has 2 atom stereocenters. The molecule has 2 N–H and O–H groups in total. The molecule has 2 aliphatic rings. The molecular weight excluding hydrogens is 426 g/mol. The lowest BCUT2D eigenvalue weighted by Crippen LogP contribution is -2.26. The van der Waals surface area contributed by atoms with Gasteiger partial charge in [0.15, 0.2) is 5.78 Å². The number of Topliss-reactive ketones (excluding diaryl/α,β-unsaturated/α-hetero) is 1. The van der Waals surface area contributed by atoms with Crippen LogP contribution in [0.3, 0.4) is 0 Å². The van der Waals surface area contributed by atoms with Crippen LogP contribution in [0, 0.1) is 10.1 Å². The van der Waals surface area contributed by atoms with Gasteiger partial charge in [0.05, 0.1) is 22.3 Å². The first-order valence-electron chi connectivity index (χ1n) is 10.4. The summed E-state index contributed by atoms with van der Waals surface area (Å²) in [5.74, 6) is -0.111. The Morgan fingerprint density at radius 3 is 2.41 bits per heavy atom. The monoisotopic (exact) mass is 445 g/mol. The van der Waals surface area contributed by atoms with Crippen molar-refractivity contribution in [3.63, 3.8) is 0 Å². The summed E-state index contributed by atoms with van der Waals surface area (Å²) in [6, 6.07) is 21.6. The van der Waals surface area contributed by atoms with Crippen LogP contribution in [-0.2, 0) is 4.79 Å². The van der Waals surface area contributed by atoms with E-state index < -0.39 is 4.92 Å². The van der Waals surface area contributed by atoms with E-state index in [9.17, 15) is 14.9 Å². The molecule has 0 aromatic heterocycles. The Bertz CT molecular complexity index is 1250. The number of anilines is 2. The summed E-state index contributed by atoms with van der Waals surface area (Å²) in [5, 5.41) is 18.9. The Hall–Kier alpha value is -3.64. The Kier molecular flexibility index (Phi) is 5.15. The maximum Gasteiger partial charge on any atom is 0.269 e. The van der Waals surface area contributed by atoms with Crippen molar-refractivity contribution < 1.29 is 9.72 Å². The van der Waals surface area contributed by atoms with Gasteiger partial charge in [-0.05, 0) is 47.7 Å². The number of nitrogens with one attached hydrogen (secondary N) is 2. The summed E-state index contributed by atoms with van der Waals surface area (Å²) in [7, 11) is 0. The van der Waals surface area contributed by atoms with Gasteiger partial charge in [-0.1, -0.05) is 48.0 Å². The van der Waals surface area contributed by atoms with Crippen molar-refractivity contribution in [1.29, 1.82) is 0 Å². The van der Waals surface area contributed by atoms with Crippen LogP contribution in [0.15, 0.2) is 84.1 Å². The van der Waals surface area contributed by atoms with Gasteiger partial charge in [-0.3, -0.25) is 14.9 Å². The third kappa shape index (κ3) is 3.74. The lowest BCUT2D eigenvalue weighted by Gasteiger charge is -2.30. The van der Waals surface area contributed by atoms with Crippen molar-refractivity contribution in [3.8, 4) is 0 Å². The molecule has 0 bridgehead atoms. The smallest absolute Gasteiger partial charge is 0.269 e. The summed E-state index contributed by atoms with van der Waals surface area (Å²) >= 11 is 6.09. The van der Waals surface area contributed by atoms with E-state index in [0.29, 0.717) is 23.4 Å². The van der Waals surface area contributed by atoms with Gasteiger partial charge in [0.2, 0.25) is 0 Å². The standard InChI is InChI=1S/C25H20ClN3O3/c26-18-10-8-15(9-11-18)25-24-22(27-20-6-1-2-7-21(20)28-25)13-17(14-23(24)30)16-4-3-5-19(12-16)29(31)32/h1-12,17,25,27-28H,13-14H2/t17-,25+/m1/s1. The van der Waals surface area contributed by atoms with Crippen molar-refractivity contribution in [2.24, 2.45) is 0 Å². The number of nitrogens with zero attached hydrogens (tertiary/aromatic N) is 1. The quantitative estimate of drug-likeness (QED) is 0.369. The number of halogens is 1. The maximum atomic E-state index is 13.5. The molecule has 0 saturated carbocycles. The molecule has 0 radical (unpaired) electrons. The van der Waals surface area contributed by atoms with Crippen molar-refractivity contribution in [1.82, 2.24) is 0 Å². The van der Waals surface area contributed by atoms with Gasteiger partial charge in [0, 0.05) is 34.8 Å². The maximum absolute atomic E-state index is 13.5. The van der Waals surface area contributed by atoms with E-state index in [-0.39, 0.29) is 23.4 Å². The molecule has 3 aromatic carbocycles. The van der Waals surface area contributed by atoms with Crippen LogP contribution >= 0.6 is 11.6 Å². The molecule has 0 spiro atoms. The second kappa shape index (κ2) is 8.13. The minimum atomic E-state index is -0.403. The number of hydrogen-bond acceptors (Lipinski definition) is 5. The zero-order valence-electron chi connectivity index (χ0n) is 17.0. The predicted octanol–water partition coefficient (Wildman–Crippen LogP) is 6.23. The highest BCUT2D eigenvalue weighted by Gasteiger charge is 2.36. The third-order valence-corrected chi connectivity index (χ3v) is 6.32. The first-order chi connectivity index (χ1) is 15.5. The first kappa shape index (κ1) is 20.3. The molecule has 160 valence electrons. The molecule has 0 saturated heterocycles. The van der Waals surface area contributed by atoms with Gasteiger partial charge >= 0.3 is 0 Å². The van der Waals surface area contributed by atoms with Crippen molar-refractivity contribution in [2.45, 2.75) is 24.8 Å². The van der Waals surface area contributed by atoms with Crippen LogP contribution in [0.5, 0.6) is 0 Å².